The average Bonchev–Trinajstić information content (AvgIpc) is 3.07. The zero-order valence-corrected chi connectivity index (χ0v) is 10.9. The highest BCUT2D eigenvalue weighted by atomic mass is 32.2. The minimum Gasteiger partial charge on any atom is -0.480 e. The van der Waals surface area contributed by atoms with Crippen LogP contribution in [0.5, 0.6) is 0 Å². The Bertz CT molecular complexity index is 414. The quantitative estimate of drug-likeness (QED) is 0.591. The molecule has 0 radical (unpaired) electrons. The van der Waals surface area contributed by atoms with Crippen molar-refractivity contribution in [2.45, 2.75) is 32.2 Å². The summed E-state index contributed by atoms with van der Waals surface area (Å²) in [7, 11) is -3.78. The molecule has 7 nitrogen and oxygen atoms in total. The molecule has 0 aromatic carbocycles. The highest BCUT2D eigenvalue weighted by Crippen LogP contribution is 2.33. The first-order chi connectivity index (χ1) is 8.35. The van der Waals surface area contributed by atoms with Crippen molar-refractivity contribution in [1.82, 2.24) is 4.72 Å². The molecule has 0 spiro atoms. The van der Waals surface area contributed by atoms with Crippen molar-refractivity contribution in [3.05, 3.63) is 0 Å². The summed E-state index contributed by atoms with van der Waals surface area (Å²) in [6.45, 7) is 1.81. The molecule has 1 atom stereocenters. The zero-order valence-electron chi connectivity index (χ0n) is 10.1. The first-order valence-electron chi connectivity index (χ1n) is 5.74. The van der Waals surface area contributed by atoms with E-state index in [0.29, 0.717) is 12.8 Å². The Morgan fingerprint density at radius 3 is 2.50 bits per heavy atom. The number of ether oxygens (including phenoxy) is 1. The molecule has 0 bridgehead atoms. The number of aliphatic carboxylic acids is 1. The number of carbonyl (C=O) groups is 2. The number of sulfonamides is 1. The zero-order chi connectivity index (χ0) is 13.8. The van der Waals surface area contributed by atoms with Crippen LogP contribution in [0.1, 0.15) is 26.2 Å². The summed E-state index contributed by atoms with van der Waals surface area (Å²) in [4.78, 5) is 21.9. The molecule has 0 aromatic heterocycles. The molecule has 0 aromatic rings. The maximum Gasteiger partial charge on any atom is 0.322 e. The van der Waals surface area contributed by atoms with Crippen LogP contribution in [0.15, 0.2) is 0 Å². The van der Waals surface area contributed by atoms with Crippen molar-refractivity contribution in [2.75, 3.05) is 12.4 Å². The van der Waals surface area contributed by atoms with E-state index in [1.807, 2.05) is 0 Å². The fraction of sp³-hybridized carbons (Fsp3) is 0.800. The lowest BCUT2D eigenvalue weighted by Gasteiger charge is -2.13. The summed E-state index contributed by atoms with van der Waals surface area (Å²) < 4.78 is 29.9. The summed E-state index contributed by atoms with van der Waals surface area (Å²) in [5.41, 5.74) is 0. The fourth-order valence-electron chi connectivity index (χ4n) is 1.48. The maximum absolute atomic E-state index is 11.6. The van der Waals surface area contributed by atoms with Crippen LogP contribution in [-0.4, -0.2) is 43.9 Å². The van der Waals surface area contributed by atoms with Gasteiger partial charge in [0.05, 0.1) is 18.8 Å². The lowest BCUT2D eigenvalue weighted by Crippen LogP contribution is -2.43. The number of carboxylic acids is 1. The second-order valence-corrected chi connectivity index (χ2v) is 6.02. The number of esters is 1. The van der Waals surface area contributed by atoms with Crippen molar-refractivity contribution in [1.29, 1.82) is 0 Å². The fourth-order valence-corrected chi connectivity index (χ4v) is 2.71. The number of rotatable bonds is 8. The van der Waals surface area contributed by atoms with Crippen LogP contribution in [0.2, 0.25) is 0 Å². The number of carboxylic acid groups (broad SMARTS) is 1. The molecule has 1 unspecified atom stereocenters. The summed E-state index contributed by atoms with van der Waals surface area (Å²) in [5, 5.41) is 8.89. The molecule has 1 saturated carbocycles. The first-order valence-corrected chi connectivity index (χ1v) is 7.39. The SMILES string of the molecule is CCOC(=O)CCS(=O)(=O)NC(C(=O)O)C1CC1. The number of nitrogens with one attached hydrogen (secondary N) is 1. The van der Waals surface area contributed by atoms with Gasteiger partial charge < -0.3 is 9.84 Å². The van der Waals surface area contributed by atoms with Crippen LogP contribution in [-0.2, 0) is 24.3 Å². The monoisotopic (exact) mass is 279 g/mol. The summed E-state index contributed by atoms with van der Waals surface area (Å²) in [6, 6.07) is -1.09. The Morgan fingerprint density at radius 2 is 2.06 bits per heavy atom. The average molecular weight is 279 g/mol. The van der Waals surface area contributed by atoms with Gasteiger partial charge in [0.1, 0.15) is 6.04 Å². The molecule has 18 heavy (non-hydrogen) atoms. The lowest BCUT2D eigenvalue weighted by atomic mass is 10.2. The molecule has 0 aliphatic heterocycles. The standard InChI is InChI=1S/C10H17NO6S/c1-2-17-8(12)5-6-18(15,16)11-9(10(13)14)7-3-4-7/h7,9,11H,2-6H2,1H3,(H,13,14). The molecule has 0 heterocycles. The predicted octanol–water partition coefficient (Wildman–Crippen LogP) is -0.278. The smallest absolute Gasteiger partial charge is 0.322 e. The van der Waals surface area contributed by atoms with Gasteiger partial charge in [-0.15, -0.1) is 0 Å². The number of hydrogen-bond acceptors (Lipinski definition) is 5. The highest BCUT2D eigenvalue weighted by Gasteiger charge is 2.38. The Morgan fingerprint density at radius 1 is 1.44 bits per heavy atom. The van der Waals surface area contributed by atoms with Crippen molar-refractivity contribution >= 4 is 22.0 Å². The number of carbonyl (C=O) groups excluding carboxylic acids is 1. The molecule has 104 valence electrons. The summed E-state index contributed by atoms with van der Waals surface area (Å²) in [6.07, 6.45) is 1.13. The Balaban J connectivity index is 2.47. The van der Waals surface area contributed by atoms with Crippen LogP contribution in [0.4, 0.5) is 0 Å². The van der Waals surface area contributed by atoms with E-state index in [9.17, 15) is 18.0 Å². The minimum atomic E-state index is -3.78. The van der Waals surface area contributed by atoms with Crippen LogP contribution in [0.25, 0.3) is 0 Å². The minimum absolute atomic E-state index is 0.139. The van der Waals surface area contributed by atoms with E-state index < -0.39 is 33.8 Å². The third-order valence-corrected chi connectivity index (χ3v) is 3.90. The van der Waals surface area contributed by atoms with Crippen molar-refractivity contribution in [3.63, 3.8) is 0 Å². The Hall–Kier alpha value is -1.15. The van der Waals surface area contributed by atoms with Crippen LogP contribution in [0, 0.1) is 5.92 Å². The molecular formula is C10H17NO6S. The van der Waals surface area contributed by atoms with E-state index in [4.69, 9.17) is 5.11 Å². The lowest BCUT2D eigenvalue weighted by molar-refractivity contribution is -0.142. The van der Waals surface area contributed by atoms with E-state index in [2.05, 4.69) is 9.46 Å². The van der Waals surface area contributed by atoms with E-state index >= 15 is 0 Å². The predicted molar refractivity (Wildman–Crippen MR) is 62.3 cm³/mol. The van der Waals surface area contributed by atoms with Gasteiger partial charge in [-0.2, -0.15) is 0 Å². The molecule has 0 saturated heterocycles. The maximum atomic E-state index is 11.6. The van der Waals surface area contributed by atoms with E-state index in [1.165, 1.54) is 0 Å². The summed E-state index contributed by atoms with van der Waals surface area (Å²) in [5.74, 6) is -2.39. The molecular weight excluding hydrogens is 262 g/mol. The van der Waals surface area contributed by atoms with Crippen LogP contribution >= 0.6 is 0 Å². The first kappa shape index (κ1) is 14.9. The molecule has 1 rings (SSSR count). The van der Waals surface area contributed by atoms with Crippen LogP contribution < -0.4 is 4.72 Å². The third-order valence-electron chi connectivity index (χ3n) is 2.55. The molecule has 2 N–H and O–H groups in total. The van der Waals surface area contributed by atoms with E-state index in [1.54, 1.807) is 6.92 Å². The molecule has 8 heteroatoms. The van der Waals surface area contributed by atoms with Gasteiger partial charge in [-0.25, -0.2) is 13.1 Å². The highest BCUT2D eigenvalue weighted by molar-refractivity contribution is 7.89. The summed E-state index contributed by atoms with van der Waals surface area (Å²) >= 11 is 0. The van der Waals surface area contributed by atoms with Gasteiger partial charge in [0, 0.05) is 0 Å². The van der Waals surface area contributed by atoms with Crippen LogP contribution in [0.3, 0.4) is 0 Å². The van der Waals surface area contributed by atoms with Gasteiger partial charge in [0.25, 0.3) is 0 Å². The molecule has 0 amide bonds. The van der Waals surface area contributed by atoms with Gasteiger partial charge in [-0.1, -0.05) is 0 Å². The van der Waals surface area contributed by atoms with Gasteiger partial charge in [0.2, 0.25) is 10.0 Å². The molecule has 1 aliphatic rings. The number of hydrogen-bond donors (Lipinski definition) is 2. The second kappa shape index (κ2) is 6.14. The van der Waals surface area contributed by atoms with E-state index in [-0.39, 0.29) is 18.9 Å². The van der Waals surface area contributed by atoms with Gasteiger partial charge in [-0.3, -0.25) is 9.59 Å². The van der Waals surface area contributed by atoms with Crippen molar-refractivity contribution < 1.29 is 27.9 Å². The molecule has 1 fully saturated rings. The third kappa shape index (κ3) is 5.01. The van der Waals surface area contributed by atoms with Crippen molar-refractivity contribution in [3.8, 4) is 0 Å². The largest absolute Gasteiger partial charge is 0.480 e. The normalized spacial score (nSPS) is 17.2. The van der Waals surface area contributed by atoms with Gasteiger partial charge >= 0.3 is 11.9 Å². The van der Waals surface area contributed by atoms with E-state index in [0.717, 1.165) is 0 Å². The Kier molecular flexibility index (Phi) is 5.09. The second-order valence-electron chi connectivity index (χ2n) is 4.15. The van der Waals surface area contributed by atoms with Gasteiger partial charge in [-0.05, 0) is 25.7 Å². The molecule has 1 aliphatic carbocycles. The Labute approximate surface area is 106 Å². The van der Waals surface area contributed by atoms with Crippen molar-refractivity contribution in [2.24, 2.45) is 5.92 Å². The van der Waals surface area contributed by atoms with Gasteiger partial charge in [0.15, 0.2) is 0 Å². The topological polar surface area (TPSA) is 110 Å².